The normalized spacial score (nSPS) is 26.8. The van der Waals surface area contributed by atoms with E-state index in [1.54, 1.807) is 0 Å². The molecule has 0 aromatic heterocycles. The molecule has 1 nitrogen and oxygen atoms in total. The van der Waals surface area contributed by atoms with Crippen molar-refractivity contribution in [3.63, 3.8) is 0 Å². The van der Waals surface area contributed by atoms with Crippen LogP contribution >= 0.6 is 11.8 Å². The molecule has 2 heteroatoms. The summed E-state index contributed by atoms with van der Waals surface area (Å²) >= 11 is 2.10. The molecular weight excluding hydrogens is 154 g/mol. The highest BCUT2D eigenvalue weighted by Gasteiger charge is 2.14. The molecule has 0 amide bonds. The van der Waals surface area contributed by atoms with Crippen molar-refractivity contribution in [2.24, 2.45) is 0 Å². The summed E-state index contributed by atoms with van der Waals surface area (Å²) in [7, 11) is 0. The third-order valence-electron chi connectivity index (χ3n) is 2.05. The molecule has 0 bridgehead atoms. The summed E-state index contributed by atoms with van der Waals surface area (Å²) in [6.07, 6.45) is 4.75. The van der Waals surface area contributed by atoms with Crippen molar-refractivity contribution in [3.05, 3.63) is 12.7 Å². The van der Waals surface area contributed by atoms with Gasteiger partial charge in [-0.3, -0.25) is 0 Å². The topological polar surface area (TPSA) is 12.0 Å². The van der Waals surface area contributed by atoms with Gasteiger partial charge in [0.1, 0.15) is 0 Å². The van der Waals surface area contributed by atoms with E-state index >= 15 is 0 Å². The molecule has 1 aliphatic heterocycles. The van der Waals surface area contributed by atoms with Crippen molar-refractivity contribution in [2.75, 3.05) is 12.3 Å². The van der Waals surface area contributed by atoms with Gasteiger partial charge in [0.25, 0.3) is 0 Å². The monoisotopic (exact) mass is 171 g/mol. The van der Waals surface area contributed by atoms with E-state index in [9.17, 15) is 0 Å². The van der Waals surface area contributed by atoms with E-state index in [0.29, 0.717) is 6.04 Å². The minimum atomic E-state index is 0.469. The largest absolute Gasteiger partial charge is 0.310 e. The molecule has 1 saturated heterocycles. The van der Waals surface area contributed by atoms with Crippen molar-refractivity contribution in [3.8, 4) is 0 Å². The summed E-state index contributed by atoms with van der Waals surface area (Å²) in [6.45, 7) is 7.03. The van der Waals surface area contributed by atoms with Gasteiger partial charge in [0.05, 0.1) is 0 Å². The van der Waals surface area contributed by atoms with Gasteiger partial charge >= 0.3 is 0 Å². The van der Waals surface area contributed by atoms with Crippen molar-refractivity contribution >= 4 is 11.8 Å². The first-order valence-corrected chi connectivity index (χ1v) is 5.35. The van der Waals surface area contributed by atoms with Crippen LogP contribution in [0.5, 0.6) is 0 Å². The zero-order chi connectivity index (χ0) is 8.10. The molecule has 1 rings (SSSR count). The van der Waals surface area contributed by atoms with Crippen LogP contribution in [0.2, 0.25) is 0 Å². The third-order valence-corrected chi connectivity index (χ3v) is 3.44. The van der Waals surface area contributed by atoms with Gasteiger partial charge in [0.15, 0.2) is 0 Å². The molecule has 2 atom stereocenters. The summed E-state index contributed by atoms with van der Waals surface area (Å²) in [5.74, 6) is 1.36. The number of hydrogen-bond acceptors (Lipinski definition) is 2. The molecule has 1 fully saturated rings. The molecule has 2 unspecified atom stereocenters. The zero-order valence-corrected chi connectivity index (χ0v) is 7.99. The van der Waals surface area contributed by atoms with E-state index < -0.39 is 0 Å². The summed E-state index contributed by atoms with van der Waals surface area (Å²) in [4.78, 5) is 0. The standard InChI is InChI=1S/C9H17NS/c1-3-8(2)10-7-9-5-4-6-11-9/h3,8-10H,1,4-7H2,2H3. The molecule has 0 spiro atoms. The lowest BCUT2D eigenvalue weighted by Crippen LogP contribution is -2.29. The Morgan fingerprint density at radius 1 is 1.82 bits per heavy atom. The smallest absolute Gasteiger partial charge is 0.0219 e. The molecule has 1 aliphatic rings. The van der Waals surface area contributed by atoms with E-state index in [1.165, 1.54) is 18.6 Å². The maximum absolute atomic E-state index is 3.74. The molecule has 0 saturated carbocycles. The number of hydrogen-bond donors (Lipinski definition) is 1. The Kier molecular flexibility index (Phi) is 4.02. The molecule has 0 aromatic carbocycles. The molecule has 1 heterocycles. The van der Waals surface area contributed by atoms with Crippen LogP contribution in [0, 0.1) is 0 Å². The number of rotatable bonds is 4. The van der Waals surface area contributed by atoms with Gasteiger partial charge in [-0.2, -0.15) is 11.8 Å². The van der Waals surface area contributed by atoms with Gasteiger partial charge in [-0.25, -0.2) is 0 Å². The highest BCUT2D eigenvalue weighted by Crippen LogP contribution is 2.25. The second kappa shape index (κ2) is 4.83. The Morgan fingerprint density at radius 3 is 3.18 bits per heavy atom. The Labute approximate surface area is 73.6 Å². The lowest BCUT2D eigenvalue weighted by Gasteiger charge is -2.12. The predicted molar refractivity (Wildman–Crippen MR) is 53.1 cm³/mol. The fourth-order valence-electron chi connectivity index (χ4n) is 1.21. The van der Waals surface area contributed by atoms with Crippen molar-refractivity contribution in [2.45, 2.75) is 31.1 Å². The summed E-state index contributed by atoms with van der Waals surface area (Å²) < 4.78 is 0. The van der Waals surface area contributed by atoms with E-state index in [2.05, 4.69) is 30.6 Å². The van der Waals surface area contributed by atoms with Crippen molar-refractivity contribution in [1.82, 2.24) is 5.32 Å². The first kappa shape index (κ1) is 9.14. The maximum Gasteiger partial charge on any atom is 0.0219 e. The van der Waals surface area contributed by atoms with Gasteiger partial charge in [-0.15, -0.1) is 6.58 Å². The Balaban J connectivity index is 2.06. The third kappa shape index (κ3) is 3.30. The van der Waals surface area contributed by atoms with E-state index in [1.807, 2.05) is 6.08 Å². The Bertz CT molecular complexity index is 119. The lowest BCUT2D eigenvalue weighted by atomic mass is 10.2. The van der Waals surface area contributed by atoms with E-state index in [4.69, 9.17) is 0 Å². The first-order valence-electron chi connectivity index (χ1n) is 4.30. The van der Waals surface area contributed by atoms with Crippen LogP contribution in [-0.4, -0.2) is 23.6 Å². The minimum Gasteiger partial charge on any atom is -0.310 e. The molecule has 0 aromatic rings. The van der Waals surface area contributed by atoms with Crippen LogP contribution in [0.1, 0.15) is 19.8 Å². The predicted octanol–water partition coefficient (Wildman–Crippen LogP) is 2.05. The van der Waals surface area contributed by atoms with Gasteiger partial charge in [0.2, 0.25) is 0 Å². The fraction of sp³-hybridized carbons (Fsp3) is 0.778. The highest BCUT2D eigenvalue weighted by molar-refractivity contribution is 8.00. The second-order valence-electron chi connectivity index (χ2n) is 3.07. The quantitative estimate of drug-likeness (QED) is 0.650. The molecule has 64 valence electrons. The lowest BCUT2D eigenvalue weighted by molar-refractivity contribution is 0.606. The molecule has 0 radical (unpaired) electrons. The summed E-state index contributed by atoms with van der Waals surface area (Å²) in [5, 5.41) is 4.29. The van der Waals surface area contributed by atoms with Crippen LogP contribution < -0.4 is 5.32 Å². The molecule has 1 N–H and O–H groups in total. The van der Waals surface area contributed by atoms with Gasteiger partial charge in [0, 0.05) is 17.8 Å². The van der Waals surface area contributed by atoms with E-state index in [-0.39, 0.29) is 0 Å². The van der Waals surface area contributed by atoms with Gasteiger partial charge < -0.3 is 5.32 Å². The van der Waals surface area contributed by atoms with Crippen LogP contribution in [0.25, 0.3) is 0 Å². The Morgan fingerprint density at radius 2 is 2.64 bits per heavy atom. The average Bonchev–Trinajstić information content (AvgIpc) is 2.52. The summed E-state index contributed by atoms with van der Waals surface area (Å²) in [6, 6.07) is 0.469. The number of thioether (sulfide) groups is 1. The van der Waals surface area contributed by atoms with Gasteiger partial charge in [-0.1, -0.05) is 6.08 Å². The van der Waals surface area contributed by atoms with Crippen LogP contribution in [-0.2, 0) is 0 Å². The average molecular weight is 171 g/mol. The highest BCUT2D eigenvalue weighted by atomic mass is 32.2. The zero-order valence-electron chi connectivity index (χ0n) is 7.18. The second-order valence-corrected chi connectivity index (χ2v) is 4.48. The van der Waals surface area contributed by atoms with Crippen LogP contribution in [0.4, 0.5) is 0 Å². The SMILES string of the molecule is C=CC(C)NCC1CCCS1. The Hall–Kier alpha value is 0.0500. The molecular formula is C9H17NS. The molecule has 0 aliphatic carbocycles. The fourth-order valence-corrected chi connectivity index (χ4v) is 2.42. The van der Waals surface area contributed by atoms with Crippen molar-refractivity contribution < 1.29 is 0 Å². The molecule has 11 heavy (non-hydrogen) atoms. The first-order chi connectivity index (χ1) is 5.33. The van der Waals surface area contributed by atoms with Crippen molar-refractivity contribution in [1.29, 1.82) is 0 Å². The number of nitrogens with one attached hydrogen (secondary N) is 1. The maximum atomic E-state index is 3.74. The van der Waals surface area contributed by atoms with Crippen LogP contribution in [0.3, 0.4) is 0 Å². The minimum absolute atomic E-state index is 0.469. The van der Waals surface area contributed by atoms with Crippen LogP contribution in [0.15, 0.2) is 12.7 Å². The van der Waals surface area contributed by atoms with Gasteiger partial charge in [-0.05, 0) is 25.5 Å². The summed E-state index contributed by atoms with van der Waals surface area (Å²) in [5.41, 5.74) is 0. The van der Waals surface area contributed by atoms with E-state index in [0.717, 1.165) is 11.8 Å².